The van der Waals surface area contributed by atoms with E-state index in [-0.39, 0.29) is 4.90 Å². The van der Waals surface area contributed by atoms with Gasteiger partial charge in [0, 0.05) is 0 Å². The molecule has 2 aromatic carbocycles. The zero-order valence-corrected chi connectivity index (χ0v) is 15.1. The monoisotopic (exact) mass is 381 g/mol. The maximum atomic E-state index is 13.2. The van der Waals surface area contributed by atoms with Gasteiger partial charge in [0.1, 0.15) is 5.82 Å². The van der Waals surface area contributed by atoms with E-state index in [4.69, 9.17) is 11.6 Å². The number of hydrogen-bond acceptors (Lipinski definition) is 3. The number of nitrogens with zero attached hydrogens (tertiary/aromatic N) is 1. The predicted octanol–water partition coefficient (Wildman–Crippen LogP) is 3.79. The fraction of sp³-hybridized carbons (Fsp3) is 0.278. The Morgan fingerprint density at radius 1 is 1.08 bits per heavy atom. The molecule has 0 N–H and O–H groups in total. The first-order valence-electron chi connectivity index (χ1n) is 7.86. The summed E-state index contributed by atoms with van der Waals surface area (Å²) in [5.41, 5.74) is 1.57. The van der Waals surface area contributed by atoms with Crippen molar-refractivity contribution in [2.24, 2.45) is 0 Å². The number of rotatable bonds is 4. The maximum Gasteiger partial charge on any atom is 0.244 e. The third-order valence-electron chi connectivity index (χ3n) is 4.44. The van der Waals surface area contributed by atoms with Crippen molar-refractivity contribution in [2.75, 3.05) is 0 Å². The number of sulfonamides is 1. The number of hydrogen-bond donors (Lipinski definition) is 0. The summed E-state index contributed by atoms with van der Waals surface area (Å²) < 4.78 is 40.7. The van der Waals surface area contributed by atoms with Gasteiger partial charge >= 0.3 is 0 Å². The van der Waals surface area contributed by atoms with Crippen molar-refractivity contribution in [3.8, 4) is 0 Å². The van der Waals surface area contributed by atoms with E-state index in [0.717, 1.165) is 5.56 Å². The Bertz CT molecular complexity index is 882. The van der Waals surface area contributed by atoms with Crippen LogP contribution in [0.15, 0.2) is 53.4 Å². The third-order valence-corrected chi connectivity index (χ3v) is 6.62. The lowest BCUT2D eigenvalue weighted by Crippen LogP contribution is -2.40. The van der Waals surface area contributed by atoms with Crippen molar-refractivity contribution in [3.05, 3.63) is 65.5 Å². The fourth-order valence-electron chi connectivity index (χ4n) is 3.17. The Kier molecular flexibility index (Phi) is 4.95. The van der Waals surface area contributed by atoms with E-state index in [1.54, 1.807) is 24.3 Å². The average Bonchev–Trinajstić information content (AvgIpc) is 3.02. The second kappa shape index (κ2) is 6.86. The highest BCUT2D eigenvalue weighted by Gasteiger charge is 2.45. The van der Waals surface area contributed by atoms with Gasteiger partial charge in [0.25, 0.3) is 0 Å². The third kappa shape index (κ3) is 3.47. The largest absolute Gasteiger partial charge is 0.279 e. The Labute approximate surface area is 151 Å². The van der Waals surface area contributed by atoms with Crippen molar-refractivity contribution >= 4 is 26.9 Å². The standard InChI is InChI=1S/C18H17ClFNO3S/c1-12-2-8-15(9-3-12)25(23,24)21-16(10-11-17(21)18(19)22)13-4-6-14(20)7-5-13/h2-9,16-17H,10-11H2,1H3. The van der Waals surface area contributed by atoms with Crippen LogP contribution in [0.25, 0.3) is 0 Å². The molecular weight excluding hydrogens is 365 g/mol. The number of aryl methyl sites for hydroxylation is 1. The molecule has 2 atom stereocenters. The molecule has 1 aliphatic heterocycles. The van der Waals surface area contributed by atoms with Crippen molar-refractivity contribution in [1.29, 1.82) is 0 Å². The zero-order chi connectivity index (χ0) is 18.2. The lowest BCUT2D eigenvalue weighted by atomic mass is 10.1. The lowest BCUT2D eigenvalue weighted by Gasteiger charge is -2.28. The van der Waals surface area contributed by atoms with Crippen molar-refractivity contribution in [3.63, 3.8) is 0 Å². The van der Waals surface area contributed by atoms with E-state index in [1.807, 2.05) is 6.92 Å². The van der Waals surface area contributed by atoms with Crippen LogP contribution in [0.2, 0.25) is 0 Å². The molecule has 1 aliphatic rings. The molecule has 0 aromatic heterocycles. The van der Waals surface area contributed by atoms with Gasteiger partial charge in [-0.2, -0.15) is 4.31 Å². The second-order valence-electron chi connectivity index (χ2n) is 6.11. The Balaban J connectivity index is 2.07. The van der Waals surface area contributed by atoms with Crippen LogP contribution in [0, 0.1) is 12.7 Å². The van der Waals surface area contributed by atoms with E-state index in [9.17, 15) is 17.6 Å². The van der Waals surface area contributed by atoms with Gasteiger partial charge in [-0.15, -0.1) is 0 Å². The molecule has 0 saturated carbocycles. The van der Waals surface area contributed by atoms with Gasteiger partial charge in [0.15, 0.2) is 0 Å². The number of benzene rings is 2. The highest BCUT2D eigenvalue weighted by molar-refractivity contribution is 7.89. The molecule has 132 valence electrons. The molecule has 7 heteroatoms. The quantitative estimate of drug-likeness (QED) is 0.757. The summed E-state index contributed by atoms with van der Waals surface area (Å²) in [6.45, 7) is 1.86. The molecule has 1 heterocycles. The van der Waals surface area contributed by atoms with Crippen LogP contribution < -0.4 is 0 Å². The van der Waals surface area contributed by atoms with Gasteiger partial charge in [0.05, 0.1) is 17.0 Å². The lowest BCUT2D eigenvalue weighted by molar-refractivity contribution is -0.114. The molecule has 25 heavy (non-hydrogen) atoms. The summed E-state index contributed by atoms with van der Waals surface area (Å²) in [5, 5.41) is -0.708. The molecule has 3 rings (SSSR count). The molecular formula is C18H17ClFNO3S. The van der Waals surface area contributed by atoms with Crippen LogP contribution in [-0.2, 0) is 14.8 Å². The molecule has 0 radical (unpaired) electrons. The number of carbonyl (C=O) groups excluding carboxylic acids is 1. The molecule has 0 spiro atoms. The van der Waals surface area contributed by atoms with E-state index in [2.05, 4.69) is 0 Å². The summed E-state index contributed by atoms with van der Waals surface area (Å²) in [4.78, 5) is 11.9. The molecule has 2 unspecified atom stereocenters. The predicted molar refractivity (Wildman–Crippen MR) is 93.2 cm³/mol. The Hall–Kier alpha value is -1.76. The molecule has 0 aliphatic carbocycles. The van der Waals surface area contributed by atoms with Crippen LogP contribution in [0.4, 0.5) is 4.39 Å². The van der Waals surface area contributed by atoms with Crippen LogP contribution in [0.5, 0.6) is 0 Å². The average molecular weight is 382 g/mol. The van der Waals surface area contributed by atoms with Crippen molar-refractivity contribution < 1.29 is 17.6 Å². The first-order chi connectivity index (χ1) is 11.8. The fourth-order valence-corrected chi connectivity index (χ4v) is 5.26. The second-order valence-corrected chi connectivity index (χ2v) is 8.33. The van der Waals surface area contributed by atoms with Gasteiger partial charge < -0.3 is 0 Å². The van der Waals surface area contributed by atoms with E-state index >= 15 is 0 Å². The van der Waals surface area contributed by atoms with Crippen LogP contribution in [0.1, 0.15) is 30.0 Å². The van der Waals surface area contributed by atoms with Gasteiger partial charge in [-0.25, -0.2) is 12.8 Å². The maximum absolute atomic E-state index is 13.2. The summed E-state index contributed by atoms with van der Waals surface area (Å²) >= 11 is 5.67. The molecule has 2 aromatic rings. The summed E-state index contributed by atoms with van der Waals surface area (Å²) in [7, 11) is -3.92. The van der Waals surface area contributed by atoms with Gasteiger partial charge in [-0.3, -0.25) is 4.79 Å². The van der Waals surface area contributed by atoms with Crippen LogP contribution >= 0.6 is 11.6 Å². The van der Waals surface area contributed by atoms with E-state index in [0.29, 0.717) is 18.4 Å². The Morgan fingerprint density at radius 2 is 1.68 bits per heavy atom. The summed E-state index contributed by atoms with van der Waals surface area (Å²) in [6, 6.07) is 10.6. The van der Waals surface area contributed by atoms with Gasteiger partial charge in [-0.05, 0) is 61.2 Å². The summed E-state index contributed by atoms with van der Waals surface area (Å²) in [5.74, 6) is -0.403. The van der Waals surface area contributed by atoms with E-state index < -0.39 is 33.2 Å². The van der Waals surface area contributed by atoms with E-state index in [1.165, 1.54) is 28.6 Å². The van der Waals surface area contributed by atoms with Crippen LogP contribution in [0.3, 0.4) is 0 Å². The molecule has 1 saturated heterocycles. The van der Waals surface area contributed by atoms with Crippen molar-refractivity contribution in [2.45, 2.75) is 36.7 Å². The normalized spacial score (nSPS) is 21.4. The Morgan fingerprint density at radius 3 is 2.24 bits per heavy atom. The highest BCUT2D eigenvalue weighted by atomic mass is 35.5. The SMILES string of the molecule is Cc1ccc(S(=O)(=O)N2C(C(=O)Cl)CCC2c2ccc(F)cc2)cc1. The van der Waals surface area contributed by atoms with Crippen molar-refractivity contribution in [1.82, 2.24) is 4.31 Å². The smallest absolute Gasteiger partial charge is 0.244 e. The van der Waals surface area contributed by atoms with Crippen LogP contribution in [-0.4, -0.2) is 24.0 Å². The topological polar surface area (TPSA) is 54.5 Å². The minimum atomic E-state index is -3.92. The van der Waals surface area contributed by atoms with Gasteiger partial charge in [0.2, 0.25) is 15.3 Å². The first-order valence-corrected chi connectivity index (χ1v) is 9.67. The zero-order valence-electron chi connectivity index (χ0n) is 13.5. The summed E-state index contributed by atoms with van der Waals surface area (Å²) in [6.07, 6.45) is 0.773. The highest BCUT2D eigenvalue weighted by Crippen LogP contribution is 2.41. The molecule has 4 nitrogen and oxygen atoms in total. The van der Waals surface area contributed by atoms with Gasteiger partial charge in [-0.1, -0.05) is 29.8 Å². The minimum Gasteiger partial charge on any atom is -0.279 e. The molecule has 0 bridgehead atoms. The first kappa shape index (κ1) is 18.0. The number of carbonyl (C=O) groups is 1. The molecule has 0 amide bonds. The molecule has 1 fully saturated rings. The minimum absolute atomic E-state index is 0.107. The number of halogens is 2.